The minimum absolute atomic E-state index is 0.0357. The third kappa shape index (κ3) is 4.51. The number of nitrogens with one attached hydrogen (secondary N) is 1. The Morgan fingerprint density at radius 1 is 1.12 bits per heavy atom. The van der Waals surface area contributed by atoms with E-state index in [0.29, 0.717) is 22.7 Å². The van der Waals surface area contributed by atoms with Gasteiger partial charge in [0.1, 0.15) is 0 Å². The summed E-state index contributed by atoms with van der Waals surface area (Å²) in [5.74, 6) is 0.130. The van der Waals surface area contributed by atoms with Crippen molar-refractivity contribution < 1.29 is 9.59 Å². The number of hydrogen-bond acceptors (Lipinski definition) is 5. The van der Waals surface area contributed by atoms with Gasteiger partial charge < -0.3 is 5.32 Å². The van der Waals surface area contributed by atoms with E-state index in [1.54, 1.807) is 38.2 Å². The summed E-state index contributed by atoms with van der Waals surface area (Å²) in [7, 11) is 3.02. The summed E-state index contributed by atoms with van der Waals surface area (Å²) in [5, 5.41) is 2.40. The average Bonchev–Trinajstić information content (AvgIpc) is 2.61. The lowest BCUT2D eigenvalue weighted by Crippen LogP contribution is -2.38. The Morgan fingerprint density at radius 2 is 1.73 bits per heavy atom. The van der Waals surface area contributed by atoms with E-state index in [1.807, 2.05) is 0 Å². The standard InChI is InChI=1S/C18H21N3O4S/c1-11(22)13-5-7-14(8-6-13)19-17(24)12(2)26-10-15-9-16(23)21(4)18(25)20(15)3/h5-9,12H,10H2,1-4H3,(H,19,24). The predicted molar refractivity (Wildman–Crippen MR) is 103 cm³/mol. The number of benzene rings is 1. The Hall–Kier alpha value is -2.61. The molecule has 7 nitrogen and oxygen atoms in total. The molecule has 1 aromatic heterocycles. The second-order valence-electron chi connectivity index (χ2n) is 5.95. The number of carbonyl (C=O) groups excluding carboxylic acids is 2. The molecule has 1 heterocycles. The number of thioether (sulfide) groups is 1. The number of Topliss-reactive ketones (excluding diaryl/α,β-unsaturated/α-hetero) is 1. The predicted octanol–water partition coefficient (Wildman–Crippen LogP) is 1.55. The van der Waals surface area contributed by atoms with Gasteiger partial charge in [-0.15, -0.1) is 11.8 Å². The zero-order valence-corrected chi connectivity index (χ0v) is 15.9. The van der Waals surface area contributed by atoms with Crippen molar-refractivity contribution in [3.05, 3.63) is 62.4 Å². The van der Waals surface area contributed by atoms with Crippen molar-refractivity contribution in [1.29, 1.82) is 0 Å². The molecule has 0 aliphatic heterocycles. The van der Waals surface area contributed by atoms with Crippen LogP contribution in [0.15, 0.2) is 39.9 Å². The molecule has 1 amide bonds. The van der Waals surface area contributed by atoms with Crippen LogP contribution >= 0.6 is 11.8 Å². The summed E-state index contributed by atoms with van der Waals surface area (Å²) >= 11 is 1.33. The number of rotatable bonds is 6. The summed E-state index contributed by atoms with van der Waals surface area (Å²) in [6.07, 6.45) is 0. The third-order valence-electron chi connectivity index (χ3n) is 4.03. The van der Waals surface area contributed by atoms with E-state index >= 15 is 0 Å². The van der Waals surface area contributed by atoms with Crippen molar-refractivity contribution in [3.8, 4) is 0 Å². The second kappa shape index (κ2) is 8.18. The second-order valence-corrected chi connectivity index (χ2v) is 7.28. The van der Waals surface area contributed by atoms with Crippen LogP contribution in [0.5, 0.6) is 0 Å². The van der Waals surface area contributed by atoms with Gasteiger partial charge in [-0.05, 0) is 38.1 Å². The highest BCUT2D eigenvalue weighted by Gasteiger charge is 2.15. The maximum atomic E-state index is 12.3. The Morgan fingerprint density at radius 3 is 2.31 bits per heavy atom. The molecule has 0 saturated heterocycles. The van der Waals surface area contributed by atoms with E-state index in [2.05, 4.69) is 5.32 Å². The maximum absolute atomic E-state index is 12.3. The fourth-order valence-electron chi connectivity index (χ4n) is 2.24. The van der Waals surface area contributed by atoms with Crippen molar-refractivity contribution in [2.75, 3.05) is 5.32 Å². The van der Waals surface area contributed by atoms with E-state index in [9.17, 15) is 19.2 Å². The topological polar surface area (TPSA) is 90.2 Å². The minimum Gasteiger partial charge on any atom is -0.325 e. The monoisotopic (exact) mass is 375 g/mol. The molecule has 8 heteroatoms. The molecule has 138 valence electrons. The molecule has 0 bridgehead atoms. The normalized spacial score (nSPS) is 11.8. The number of aromatic nitrogens is 2. The Kier molecular flexibility index (Phi) is 6.20. The van der Waals surface area contributed by atoms with E-state index < -0.39 is 5.69 Å². The zero-order chi connectivity index (χ0) is 19.4. The van der Waals surface area contributed by atoms with Gasteiger partial charge >= 0.3 is 5.69 Å². The number of anilines is 1. The summed E-state index contributed by atoms with van der Waals surface area (Å²) in [6, 6.07) is 8.07. The average molecular weight is 375 g/mol. The first-order valence-electron chi connectivity index (χ1n) is 8.00. The lowest BCUT2D eigenvalue weighted by Gasteiger charge is -2.14. The molecule has 26 heavy (non-hydrogen) atoms. The molecule has 0 saturated carbocycles. The fraction of sp³-hybridized carbons (Fsp3) is 0.333. The lowest BCUT2D eigenvalue weighted by atomic mass is 10.1. The van der Waals surface area contributed by atoms with E-state index in [4.69, 9.17) is 0 Å². The van der Waals surface area contributed by atoms with Crippen LogP contribution < -0.4 is 16.6 Å². The molecule has 1 N–H and O–H groups in total. The van der Waals surface area contributed by atoms with Gasteiger partial charge in [0.05, 0.1) is 5.25 Å². The first-order valence-corrected chi connectivity index (χ1v) is 9.05. The molecular formula is C18H21N3O4S. The SMILES string of the molecule is CC(=O)c1ccc(NC(=O)C(C)SCc2cc(=O)n(C)c(=O)n2C)cc1. The lowest BCUT2D eigenvalue weighted by molar-refractivity contribution is -0.115. The first-order chi connectivity index (χ1) is 12.2. The molecule has 0 radical (unpaired) electrons. The van der Waals surface area contributed by atoms with Gasteiger partial charge in [0.25, 0.3) is 5.56 Å². The molecule has 1 unspecified atom stereocenters. The third-order valence-corrected chi connectivity index (χ3v) is 5.21. The van der Waals surface area contributed by atoms with Crippen molar-refractivity contribution in [2.45, 2.75) is 24.9 Å². The first kappa shape index (κ1) is 19.7. The largest absolute Gasteiger partial charge is 0.330 e. The van der Waals surface area contributed by atoms with Gasteiger partial charge in [-0.1, -0.05) is 0 Å². The van der Waals surface area contributed by atoms with E-state index in [-0.39, 0.29) is 22.5 Å². The van der Waals surface area contributed by atoms with Crippen molar-refractivity contribution in [3.63, 3.8) is 0 Å². The molecule has 0 fully saturated rings. The molecule has 2 rings (SSSR count). The van der Waals surface area contributed by atoms with Crippen LogP contribution in [0.1, 0.15) is 29.9 Å². The molecule has 1 aromatic carbocycles. The van der Waals surface area contributed by atoms with Gasteiger partial charge in [0.15, 0.2) is 5.78 Å². The van der Waals surface area contributed by atoms with Crippen molar-refractivity contribution in [2.24, 2.45) is 14.1 Å². The van der Waals surface area contributed by atoms with E-state index in [1.165, 1.54) is 36.4 Å². The molecule has 0 spiro atoms. The minimum atomic E-state index is -0.393. The van der Waals surface area contributed by atoms with Gasteiger partial charge in [-0.2, -0.15) is 0 Å². The van der Waals surface area contributed by atoms with Crippen molar-refractivity contribution in [1.82, 2.24) is 9.13 Å². The zero-order valence-electron chi connectivity index (χ0n) is 15.1. The van der Waals surface area contributed by atoms with Crippen LogP contribution in [-0.2, 0) is 24.6 Å². The summed E-state index contributed by atoms with van der Waals surface area (Å²) in [4.78, 5) is 47.2. The number of nitrogens with zero attached hydrogens (tertiary/aromatic N) is 2. The highest BCUT2D eigenvalue weighted by atomic mass is 32.2. The van der Waals surface area contributed by atoms with Crippen molar-refractivity contribution >= 4 is 29.1 Å². The van der Waals surface area contributed by atoms with Gasteiger partial charge in [0.2, 0.25) is 5.91 Å². The quantitative estimate of drug-likeness (QED) is 0.774. The Balaban J connectivity index is 2.00. The number of ketones is 1. The van der Waals surface area contributed by atoms with E-state index in [0.717, 1.165) is 4.57 Å². The molecular weight excluding hydrogens is 354 g/mol. The van der Waals surface area contributed by atoms with Crippen LogP contribution in [0.3, 0.4) is 0 Å². The fourth-order valence-corrected chi connectivity index (χ4v) is 3.14. The summed E-state index contributed by atoms with van der Waals surface area (Å²) in [5.41, 5.74) is 0.987. The highest BCUT2D eigenvalue weighted by Crippen LogP contribution is 2.18. The van der Waals surface area contributed by atoms with Gasteiger partial charge in [-0.25, -0.2) is 4.79 Å². The number of carbonyl (C=O) groups is 2. The van der Waals surface area contributed by atoms with Crippen LogP contribution in [0.2, 0.25) is 0 Å². The summed E-state index contributed by atoms with van der Waals surface area (Å²) in [6.45, 7) is 3.24. The van der Waals surface area contributed by atoms with Crippen LogP contribution in [0.4, 0.5) is 5.69 Å². The van der Waals surface area contributed by atoms with Crippen LogP contribution in [-0.4, -0.2) is 26.1 Å². The number of hydrogen-bond donors (Lipinski definition) is 1. The molecule has 0 aliphatic carbocycles. The number of amides is 1. The molecule has 0 aliphatic rings. The Bertz CT molecular complexity index is 944. The highest BCUT2D eigenvalue weighted by molar-refractivity contribution is 7.99. The van der Waals surface area contributed by atoms with Gasteiger partial charge in [-0.3, -0.25) is 23.5 Å². The maximum Gasteiger partial charge on any atom is 0.330 e. The summed E-state index contributed by atoms with van der Waals surface area (Å²) < 4.78 is 2.44. The van der Waals surface area contributed by atoms with Crippen LogP contribution in [0, 0.1) is 0 Å². The smallest absolute Gasteiger partial charge is 0.325 e. The van der Waals surface area contributed by atoms with Crippen LogP contribution in [0.25, 0.3) is 0 Å². The molecule has 1 atom stereocenters. The molecule has 2 aromatic rings. The van der Waals surface area contributed by atoms with Gasteiger partial charge in [0, 0.05) is 42.9 Å². The Labute approximate surface area is 155 Å².